The maximum Gasteiger partial charge on any atom is 0.338 e. The van der Waals surface area contributed by atoms with Gasteiger partial charge in [-0.1, -0.05) is 78.4 Å². The van der Waals surface area contributed by atoms with Crippen molar-refractivity contribution >= 4 is 29.8 Å². The maximum absolute atomic E-state index is 12.2. The van der Waals surface area contributed by atoms with Crippen LogP contribution < -0.4 is 15.9 Å². The first-order valence-electron chi connectivity index (χ1n) is 7.80. The normalized spacial score (nSPS) is 11.8. The van der Waals surface area contributed by atoms with Crippen LogP contribution in [0.1, 0.15) is 15.9 Å². The van der Waals surface area contributed by atoms with Crippen molar-refractivity contribution in [2.45, 2.75) is 6.92 Å². The lowest BCUT2D eigenvalue weighted by atomic mass is 10.2. The van der Waals surface area contributed by atoms with E-state index in [0.717, 1.165) is 5.30 Å². The summed E-state index contributed by atoms with van der Waals surface area (Å²) in [4.78, 5) is 12.2. The van der Waals surface area contributed by atoms with Gasteiger partial charge in [0, 0.05) is 0 Å². The van der Waals surface area contributed by atoms with Crippen LogP contribution in [0, 0.1) is 6.92 Å². The minimum Gasteiger partial charge on any atom is -0.465 e. The van der Waals surface area contributed by atoms with Gasteiger partial charge in [-0.25, -0.2) is 4.79 Å². The Balaban J connectivity index is 2.20. The highest BCUT2D eigenvalue weighted by molar-refractivity contribution is 7.80. The third kappa shape index (κ3) is 3.39. The Kier molecular flexibility index (Phi) is 5.08. The van der Waals surface area contributed by atoms with Crippen molar-refractivity contribution in [2.75, 3.05) is 7.11 Å². The zero-order valence-electron chi connectivity index (χ0n) is 13.8. The molecule has 0 heterocycles. The molecule has 3 aromatic rings. The molecule has 0 aliphatic rings. The number of carbonyl (C=O) groups excluding carboxylic acids is 1. The van der Waals surface area contributed by atoms with E-state index in [2.05, 4.69) is 43.3 Å². The number of rotatable bonds is 4. The number of carbonyl (C=O) groups is 1. The van der Waals surface area contributed by atoms with Gasteiger partial charge >= 0.3 is 5.97 Å². The molecule has 2 nitrogen and oxygen atoms in total. The van der Waals surface area contributed by atoms with Crippen LogP contribution in [0.25, 0.3) is 0 Å². The zero-order chi connectivity index (χ0) is 16.9. The standard InChI is InChI=1S/C21H19O2P/c1-16-12-14-18(15-13-16)24(17-8-4-3-5-9-17)20-11-7-6-10-19(20)21(22)23-2/h3-15H,1-2H3. The van der Waals surface area contributed by atoms with Gasteiger partial charge in [0.25, 0.3) is 0 Å². The molecule has 0 radical (unpaired) electrons. The first-order valence-corrected chi connectivity index (χ1v) is 9.14. The van der Waals surface area contributed by atoms with Crippen molar-refractivity contribution in [3.63, 3.8) is 0 Å². The number of esters is 1. The fraction of sp³-hybridized carbons (Fsp3) is 0.0952. The molecule has 0 spiro atoms. The molecule has 3 heteroatoms. The summed E-state index contributed by atoms with van der Waals surface area (Å²) in [6.07, 6.45) is 0. The Bertz CT molecular complexity index is 826. The van der Waals surface area contributed by atoms with Crippen molar-refractivity contribution in [3.8, 4) is 0 Å². The molecule has 0 saturated heterocycles. The van der Waals surface area contributed by atoms with Gasteiger partial charge in [-0.3, -0.25) is 0 Å². The second-order valence-corrected chi connectivity index (χ2v) is 7.70. The van der Waals surface area contributed by atoms with Crippen LogP contribution in [0.4, 0.5) is 0 Å². The molecule has 24 heavy (non-hydrogen) atoms. The first-order chi connectivity index (χ1) is 11.7. The summed E-state index contributed by atoms with van der Waals surface area (Å²) >= 11 is 0. The number of benzene rings is 3. The highest BCUT2D eigenvalue weighted by Gasteiger charge is 2.22. The lowest BCUT2D eigenvalue weighted by Gasteiger charge is -2.21. The molecule has 0 saturated carbocycles. The Hall–Kier alpha value is -2.44. The number of hydrogen-bond donors (Lipinski definition) is 0. The van der Waals surface area contributed by atoms with E-state index in [9.17, 15) is 4.79 Å². The molecule has 0 bridgehead atoms. The Morgan fingerprint density at radius 3 is 2.04 bits per heavy atom. The molecule has 0 fully saturated rings. The third-order valence-electron chi connectivity index (χ3n) is 3.86. The van der Waals surface area contributed by atoms with Crippen LogP contribution in [-0.4, -0.2) is 13.1 Å². The molecule has 0 aliphatic heterocycles. The molecular weight excluding hydrogens is 315 g/mol. The molecule has 0 N–H and O–H groups in total. The number of hydrogen-bond acceptors (Lipinski definition) is 2. The van der Waals surface area contributed by atoms with Crippen LogP contribution in [0.15, 0.2) is 78.9 Å². The van der Waals surface area contributed by atoms with E-state index >= 15 is 0 Å². The molecule has 1 unspecified atom stereocenters. The number of aryl methyl sites for hydroxylation is 1. The van der Waals surface area contributed by atoms with Crippen molar-refractivity contribution in [2.24, 2.45) is 0 Å². The van der Waals surface area contributed by atoms with E-state index in [1.807, 2.05) is 42.5 Å². The van der Waals surface area contributed by atoms with E-state index in [1.165, 1.54) is 23.3 Å². The zero-order valence-corrected chi connectivity index (χ0v) is 14.7. The fourth-order valence-corrected chi connectivity index (χ4v) is 5.06. The van der Waals surface area contributed by atoms with Crippen LogP contribution in [0.3, 0.4) is 0 Å². The van der Waals surface area contributed by atoms with Gasteiger partial charge in [-0.15, -0.1) is 0 Å². The largest absolute Gasteiger partial charge is 0.465 e. The molecule has 0 aliphatic carbocycles. The molecule has 3 rings (SSSR count). The van der Waals surface area contributed by atoms with Gasteiger partial charge in [0.05, 0.1) is 12.7 Å². The summed E-state index contributed by atoms with van der Waals surface area (Å²) < 4.78 is 4.99. The SMILES string of the molecule is COC(=O)c1ccccc1P(c1ccccc1)c1ccc(C)cc1. The van der Waals surface area contributed by atoms with Gasteiger partial charge in [-0.05, 0) is 36.8 Å². The van der Waals surface area contributed by atoms with E-state index in [-0.39, 0.29) is 5.97 Å². The van der Waals surface area contributed by atoms with Gasteiger partial charge in [0.1, 0.15) is 0 Å². The van der Waals surface area contributed by atoms with Crippen LogP contribution in [-0.2, 0) is 4.74 Å². The Morgan fingerprint density at radius 1 is 0.792 bits per heavy atom. The summed E-state index contributed by atoms with van der Waals surface area (Å²) in [5.74, 6) is -0.291. The molecular formula is C21H19O2P. The monoisotopic (exact) mass is 334 g/mol. The highest BCUT2D eigenvalue weighted by atomic mass is 31.1. The maximum atomic E-state index is 12.2. The summed E-state index contributed by atoms with van der Waals surface area (Å²) in [6.45, 7) is 2.08. The van der Waals surface area contributed by atoms with Gasteiger partial charge in [-0.2, -0.15) is 0 Å². The average Bonchev–Trinajstić information content (AvgIpc) is 2.64. The average molecular weight is 334 g/mol. The molecule has 3 aromatic carbocycles. The van der Waals surface area contributed by atoms with Gasteiger partial charge in [0.15, 0.2) is 0 Å². The minimum atomic E-state index is -0.818. The lowest BCUT2D eigenvalue weighted by Crippen LogP contribution is -2.25. The predicted molar refractivity (Wildman–Crippen MR) is 101 cm³/mol. The molecule has 1 atom stereocenters. The lowest BCUT2D eigenvalue weighted by molar-refractivity contribution is 0.0602. The van der Waals surface area contributed by atoms with Crippen molar-refractivity contribution in [3.05, 3.63) is 90.0 Å². The molecule has 120 valence electrons. The Labute approximate surface area is 143 Å². The Morgan fingerprint density at radius 2 is 1.38 bits per heavy atom. The highest BCUT2D eigenvalue weighted by Crippen LogP contribution is 2.34. The summed E-state index contributed by atoms with van der Waals surface area (Å²) in [6, 6.07) is 26.6. The number of methoxy groups -OCH3 is 1. The van der Waals surface area contributed by atoms with Gasteiger partial charge < -0.3 is 4.74 Å². The summed E-state index contributed by atoms with van der Waals surface area (Å²) in [5.41, 5.74) is 1.86. The number of ether oxygens (including phenoxy) is 1. The van der Waals surface area contributed by atoms with E-state index in [4.69, 9.17) is 4.74 Å². The second kappa shape index (κ2) is 7.42. The van der Waals surface area contributed by atoms with Crippen LogP contribution in [0.2, 0.25) is 0 Å². The van der Waals surface area contributed by atoms with E-state index in [1.54, 1.807) is 0 Å². The third-order valence-corrected chi connectivity index (χ3v) is 6.36. The predicted octanol–water partition coefficient (Wildman–Crippen LogP) is 3.54. The summed E-state index contributed by atoms with van der Waals surface area (Å²) in [7, 11) is 0.608. The smallest absolute Gasteiger partial charge is 0.338 e. The fourth-order valence-electron chi connectivity index (χ4n) is 2.65. The van der Waals surface area contributed by atoms with E-state index in [0.29, 0.717) is 5.56 Å². The van der Waals surface area contributed by atoms with Crippen LogP contribution >= 0.6 is 7.92 Å². The van der Waals surface area contributed by atoms with Crippen molar-refractivity contribution in [1.29, 1.82) is 0 Å². The van der Waals surface area contributed by atoms with E-state index < -0.39 is 7.92 Å². The van der Waals surface area contributed by atoms with Crippen molar-refractivity contribution < 1.29 is 9.53 Å². The topological polar surface area (TPSA) is 26.3 Å². The first kappa shape index (κ1) is 16.4. The minimum absolute atomic E-state index is 0.291. The van der Waals surface area contributed by atoms with Gasteiger partial charge in [0.2, 0.25) is 0 Å². The van der Waals surface area contributed by atoms with Crippen LogP contribution in [0.5, 0.6) is 0 Å². The van der Waals surface area contributed by atoms with Crippen molar-refractivity contribution in [1.82, 2.24) is 0 Å². The molecule has 0 amide bonds. The second-order valence-electron chi connectivity index (χ2n) is 5.52. The summed E-state index contributed by atoms with van der Waals surface area (Å²) in [5, 5.41) is 3.46. The molecule has 0 aromatic heterocycles. The quantitative estimate of drug-likeness (QED) is 0.539.